The van der Waals surface area contributed by atoms with Crippen molar-refractivity contribution in [1.29, 1.82) is 0 Å². The van der Waals surface area contributed by atoms with E-state index in [2.05, 4.69) is 20.7 Å². The summed E-state index contributed by atoms with van der Waals surface area (Å²) in [6.45, 7) is 9.48. The zero-order valence-corrected chi connectivity index (χ0v) is 16.6. The summed E-state index contributed by atoms with van der Waals surface area (Å²) in [7, 11) is 0. The SMILES string of the molecule is Cc1cc(NC(=O)CCN2CCC(C(=O)NCCCOC(C)C)CC2)no1. The van der Waals surface area contributed by atoms with Gasteiger partial charge in [-0.25, -0.2) is 0 Å². The van der Waals surface area contributed by atoms with Gasteiger partial charge in [-0.05, 0) is 53.1 Å². The zero-order chi connectivity index (χ0) is 19.6. The van der Waals surface area contributed by atoms with Crippen LogP contribution in [-0.2, 0) is 14.3 Å². The molecule has 0 spiro atoms. The van der Waals surface area contributed by atoms with Crippen LogP contribution in [0.5, 0.6) is 0 Å². The van der Waals surface area contributed by atoms with Crippen LogP contribution in [0, 0.1) is 12.8 Å². The first-order chi connectivity index (χ1) is 12.9. The Morgan fingerprint density at radius 3 is 2.74 bits per heavy atom. The minimum absolute atomic E-state index is 0.0687. The molecule has 2 heterocycles. The van der Waals surface area contributed by atoms with Gasteiger partial charge in [0.15, 0.2) is 5.82 Å². The second-order valence-corrected chi connectivity index (χ2v) is 7.30. The predicted molar refractivity (Wildman–Crippen MR) is 102 cm³/mol. The molecule has 27 heavy (non-hydrogen) atoms. The normalized spacial score (nSPS) is 15.9. The summed E-state index contributed by atoms with van der Waals surface area (Å²) in [6.07, 6.45) is 3.13. The maximum absolute atomic E-state index is 12.2. The number of aromatic nitrogens is 1. The van der Waals surface area contributed by atoms with Gasteiger partial charge in [0.2, 0.25) is 11.8 Å². The van der Waals surface area contributed by atoms with E-state index in [-0.39, 0.29) is 23.8 Å². The second kappa shape index (κ2) is 11.0. The smallest absolute Gasteiger partial charge is 0.226 e. The zero-order valence-electron chi connectivity index (χ0n) is 16.6. The molecule has 0 aliphatic carbocycles. The fourth-order valence-electron chi connectivity index (χ4n) is 3.06. The van der Waals surface area contributed by atoms with Crippen molar-refractivity contribution >= 4 is 17.6 Å². The van der Waals surface area contributed by atoms with E-state index < -0.39 is 0 Å². The number of amides is 2. The average Bonchev–Trinajstić information content (AvgIpc) is 3.04. The van der Waals surface area contributed by atoms with Crippen molar-refractivity contribution in [3.63, 3.8) is 0 Å². The number of hydrogen-bond acceptors (Lipinski definition) is 6. The van der Waals surface area contributed by atoms with Crippen LogP contribution < -0.4 is 10.6 Å². The fraction of sp³-hybridized carbons (Fsp3) is 0.737. The lowest BCUT2D eigenvalue weighted by Gasteiger charge is -2.31. The number of ether oxygens (including phenoxy) is 1. The monoisotopic (exact) mass is 380 g/mol. The van der Waals surface area contributed by atoms with Crippen LogP contribution in [-0.4, -0.2) is 60.8 Å². The molecule has 0 atom stereocenters. The van der Waals surface area contributed by atoms with Crippen LogP contribution in [0.4, 0.5) is 5.82 Å². The van der Waals surface area contributed by atoms with Gasteiger partial charge in [-0.1, -0.05) is 5.16 Å². The summed E-state index contributed by atoms with van der Waals surface area (Å²) in [5.41, 5.74) is 0. The van der Waals surface area contributed by atoms with Gasteiger partial charge in [0.1, 0.15) is 5.76 Å². The molecule has 0 aromatic carbocycles. The van der Waals surface area contributed by atoms with Crippen molar-refractivity contribution in [2.75, 3.05) is 38.1 Å². The minimum atomic E-state index is -0.0771. The van der Waals surface area contributed by atoms with Gasteiger partial charge in [-0.3, -0.25) is 9.59 Å². The van der Waals surface area contributed by atoms with E-state index in [9.17, 15) is 9.59 Å². The number of likely N-dealkylation sites (tertiary alicyclic amines) is 1. The number of rotatable bonds is 10. The molecular weight excluding hydrogens is 348 g/mol. The van der Waals surface area contributed by atoms with Crippen molar-refractivity contribution < 1.29 is 18.8 Å². The highest BCUT2D eigenvalue weighted by Gasteiger charge is 2.24. The Labute approximate surface area is 161 Å². The Morgan fingerprint density at radius 1 is 1.37 bits per heavy atom. The van der Waals surface area contributed by atoms with Crippen LogP contribution in [0.25, 0.3) is 0 Å². The summed E-state index contributed by atoms with van der Waals surface area (Å²) < 4.78 is 10.4. The summed E-state index contributed by atoms with van der Waals surface area (Å²) in [5, 5.41) is 9.48. The first-order valence-electron chi connectivity index (χ1n) is 9.79. The lowest BCUT2D eigenvalue weighted by molar-refractivity contribution is -0.126. The van der Waals surface area contributed by atoms with Gasteiger partial charge in [0.05, 0.1) is 6.10 Å². The highest BCUT2D eigenvalue weighted by atomic mass is 16.5. The molecule has 0 saturated carbocycles. The molecule has 0 unspecified atom stereocenters. The topological polar surface area (TPSA) is 96.7 Å². The number of hydrogen-bond donors (Lipinski definition) is 2. The molecule has 8 nitrogen and oxygen atoms in total. The molecule has 2 N–H and O–H groups in total. The molecule has 0 radical (unpaired) electrons. The number of carbonyl (C=O) groups is 2. The lowest BCUT2D eigenvalue weighted by Crippen LogP contribution is -2.41. The predicted octanol–water partition coefficient (Wildman–Crippen LogP) is 1.95. The number of aryl methyl sites for hydroxylation is 1. The van der Waals surface area contributed by atoms with Crippen LogP contribution >= 0.6 is 0 Å². The van der Waals surface area contributed by atoms with E-state index >= 15 is 0 Å². The highest BCUT2D eigenvalue weighted by Crippen LogP contribution is 2.17. The third-order valence-electron chi connectivity index (χ3n) is 4.58. The van der Waals surface area contributed by atoms with Crippen LogP contribution in [0.1, 0.15) is 45.3 Å². The van der Waals surface area contributed by atoms with Crippen LogP contribution in [0.15, 0.2) is 10.6 Å². The first kappa shape index (κ1) is 21.4. The van der Waals surface area contributed by atoms with Gasteiger partial charge in [0, 0.05) is 38.1 Å². The van der Waals surface area contributed by atoms with Crippen LogP contribution in [0.3, 0.4) is 0 Å². The van der Waals surface area contributed by atoms with Crippen LogP contribution in [0.2, 0.25) is 0 Å². The summed E-state index contributed by atoms with van der Waals surface area (Å²) in [6, 6.07) is 1.69. The van der Waals surface area contributed by atoms with Crippen molar-refractivity contribution in [3.8, 4) is 0 Å². The number of anilines is 1. The second-order valence-electron chi connectivity index (χ2n) is 7.30. The summed E-state index contributed by atoms with van der Waals surface area (Å²) in [5.74, 6) is 1.24. The standard InChI is InChI=1S/C19H32N4O4/c1-14(2)26-12-4-8-20-19(25)16-5-9-23(10-6-16)11-7-18(24)21-17-13-15(3)27-22-17/h13-14,16H,4-12H2,1-3H3,(H,20,25)(H,21,22,24). The maximum atomic E-state index is 12.2. The molecule has 1 aliphatic heterocycles. The lowest BCUT2D eigenvalue weighted by atomic mass is 9.96. The van der Waals surface area contributed by atoms with Gasteiger partial charge in [0.25, 0.3) is 0 Å². The Kier molecular flexibility index (Phi) is 8.74. The Bertz CT molecular complexity index is 594. The Morgan fingerprint density at radius 2 is 2.11 bits per heavy atom. The Balaban J connectivity index is 1.56. The van der Waals surface area contributed by atoms with Gasteiger partial charge in [-0.2, -0.15) is 0 Å². The number of carbonyl (C=O) groups excluding carboxylic acids is 2. The molecular formula is C19H32N4O4. The maximum Gasteiger partial charge on any atom is 0.226 e. The third-order valence-corrected chi connectivity index (χ3v) is 4.58. The number of nitrogens with zero attached hydrogens (tertiary/aromatic N) is 2. The molecule has 2 amide bonds. The van der Waals surface area contributed by atoms with Gasteiger partial charge >= 0.3 is 0 Å². The number of piperidine rings is 1. The van der Waals surface area contributed by atoms with Gasteiger partial charge in [-0.15, -0.1) is 0 Å². The van der Waals surface area contributed by atoms with Gasteiger partial charge < -0.3 is 24.8 Å². The van der Waals surface area contributed by atoms with E-state index in [1.807, 2.05) is 13.8 Å². The molecule has 1 aromatic heterocycles. The Hall–Kier alpha value is -1.93. The minimum Gasteiger partial charge on any atom is -0.379 e. The number of nitrogens with one attached hydrogen (secondary N) is 2. The van der Waals surface area contributed by atoms with Crippen molar-refractivity contribution in [2.45, 2.75) is 52.6 Å². The van der Waals surface area contributed by atoms with Crippen molar-refractivity contribution in [1.82, 2.24) is 15.4 Å². The largest absolute Gasteiger partial charge is 0.379 e. The average molecular weight is 380 g/mol. The van der Waals surface area contributed by atoms with E-state index in [1.54, 1.807) is 13.0 Å². The molecule has 1 fully saturated rings. The molecule has 1 aliphatic rings. The third kappa shape index (κ3) is 8.09. The molecule has 1 saturated heterocycles. The highest BCUT2D eigenvalue weighted by molar-refractivity contribution is 5.89. The quantitative estimate of drug-likeness (QED) is 0.602. The summed E-state index contributed by atoms with van der Waals surface area (Å²) >= 11 is 0. The van der Waals surface area contributed by atoms with Crippen molar-refractivity contribution in [2.24, 2.45) is 5.92 Å². The van der Waals surface area contributed by atoms with E-state index in [1.165, 1.54) is 0 Å². The molecule has 1 aromatic rings. The van der Waals surface area contributed by atoms with E-state index in [0.717, 1.165) is 32.4 Å². The first-order valence-corrected chi connectivity index (χ1v) is 9.79. The molecule has 152 valence electrons. The van der Waals surface area contributed by atoms with E-state index in [4.69, 9.17) is 9.26 Å². The van der Waals surface area contributed by atoms with Crippen molar-refractivity contribution in [3.05, 3.63) is 11.8 Å². The summed E-state index contributed by atoms with van der Waals surface area (Å²) in [4.78, 5) is 26.4. The molecule has 2 rings (SSSR count). The fourth-order valence-corrected chi connectivity index (χ4v) is 3.06. The van der Waals surface area contributed by atoms with E-state index in [0.29, 0.717) is 37.7 Å². The molecule has 0 bridgehead atoms. The molecule has 8 heteroatoms.